The second-order valence-electron chi connectivity index (χ2n) is 5.15. The topological polar surface area (TPSA) is 67.0 Å². The number of aromatic nitrogens is 2. The number of rotatable bonds is 5. The van der Waals surface area contributed by atoms with Crippen molar-refractivity contribution in [2.75, 3.05) is 0 Å². The molecule has 1 aromatic carbocycles. The molecule has 25 heavy (non-hydrogen) atoms. The van der Waals surface area contributed by atoms with Crippen LogP contribution in [-0.2, 0) is 6.54 Å². The Hall–Kier alpha value is -3.06. The van der Waals surface area contributed by atoms with Crippen molar-refractivity contribution >= 4 is 18.1 Å². The fraction of sp³-hybridized carbons (Fsp3) is 0.0556. The highest BCUT2D eigenvalue weighted by atomic mass is 32.1. The molecule has 0 aliphatic heterocycles. The first-order chi connectivity index (χ1) is 12.1. The summed E-state index contributed by atoms with van der Waals surface area (Å²) in [7, 11) is 0. The van der Waals surface area contributed by atoms with Gasteiger partial charge in [-0.25, -0.2) is 9.37 Å². The monoisotopic (exact) mass is 355 g/mol. The van der Waals surface area contributed by atoms with E-state index in [1.165, 1.54) is 24.3 Å². The van der Waals surface area contributed by atoms with Gasteiger partial charge in [0, 0.05) is 25.0 Å². The lowest BCUT2D eigenvalue weighted by Crippen LogP contribution is -2.23. The van der Waals surface area contributed by atoms with Crippen molar-refractivity contribution in [1.29, 1.82) is 0 Å². The number of pyridine rings is 2. The van der Waals surface area contributed by atoms with Crippen molar-refractivity contribution in [2.45, 2.75) is 6.54 Å². The zero-order valence-corrected chi connectivity index (χ0v) is 13.8. The Morgan fingerprint density at radius 1 is 1.24 bits per heavy atom. The van der Waals surface area contributed by atoms with Gasteiger partial charge in [0.2, 0.25) is 5.88 Å². The van der Waals surface area contributed by atoms with Crippen molar-refractivity contribution in [1.82, 2.24) is 15.3 Å². The average Bonchev–Trinajstić information content (AvgIpc) is 2.62. The van der Waals surface area contributed by atoms with Crippen LogP contribution in [0.25, 0.3) is 0 Å². The molecular weight excluding hydrogens is 341 g/mol. The highest BCUT2D eigenvalue weighted by molar-refractivity contribution is 7.71. The van der Waals surface area contributed by atoms with Crippen molar-refractivity contribution in [3.8, 4) is 11.6 Å². The number of aromatic amines is 1. The third-order valence-corrected chi connectivity index (χ3v) is 3.69. The third-order valence-electron chi connectivity index (χ3n) is 3.35. The van der Waals surface area contributed by atoms with Crippen molar-refractivity contribution in [3.05, 3.63) is 82.5 Å². The zero-order chi connectivity index (χ0) is 17.6. The number of H-pyrrole nitrogens is 1. The maximum absolute atomic E-state index is 12.9. The normalized spacial score (nSPS) is 10.3. The molecule has 0 aliphatic carbocycles. The smallest absolute Gasteiger partial charge is 0.254 e. The zero-order valence-electron chi connectivity index (χ0n) is 13.0. The Morgan fingerprint density at radius 2 is 2.04 bits per heavy atom. The van der Waals surface area contributed by atoms with Gasteiger partial charge in [-0.15, -0.1) is 0 Å². The Kier molecular flexibility index (Phi) is 5.15. The summed E-state index contributed by atoms with van der Waals surface area (Å²) in [6.07, 6.45) is 3.25. The van der Waals surface area contributed by atoms with Crippen LogP contribution >= 0.6 is 12.2 Å². The van der Waals surface area contributed by atoms with Crippen LogP contribution in [0.4, 0.5) is 4.39 Å². The molecule has 2 heterocycles. The lowest BCUT2D eigenvalue weighted by Gasteiger charge is -2.08. The van der Waals surface area contributed by atoms with Crippen LogP contribution < -0.4 is 10.1 Å². The second kappa shape index (κ2) is 7.67. The molecule has 126 valence electrons. The first kappa shape index (κ1) is 16.8. The first-order valence-electron chi connectivity index (χ1n) is 7.46. The molecule has 2 aromatic heterocycles. The lowest BCUT2D eigenvalue weighted by atomic mass is 10.2. The Balaban J connectivity index is 1.65. The molecule has 0 saturated heterocycles. The van der Waals surface area contributed by atoms with Gasteiger partial charge in [-0.05, 0) is 48.0 Å². The molecule has 3 rings (SSSR count). The maximum atomic E-state index is 12.9. The van der Waals surface area contributed by atoms with E-state index in [4.69, 9.17) is 17.0 Å². The number of benzene rings is 1. The Morgan fingerprint density at radius 3 is 2.80 bits per heavy atom. The van der Waals surface area contributed by atoms with Gasteiger partial charge in [0.05, 0.1) is 5.56 Å². The number of amides is 1. The number of nitrogens with zero attached hydrogens (tertiary/aromatic N) is 1. The number of hydrogen-bond donors (Lipinski definition) is 2. The van der Waals surface area contributed by atoms with E-state index in [0.717, 1.165) is 5.56 Å². The van der Waals surface area contributed by atoms with Gasteiger partial charge >= 0.3 is 0 Å². The quantitative estimate of drug-likeness (QED) is 0.679. The summed E-state index contributed by atoms with van der Waals surface area (Å²) in [4.78, 5) is 19.1. The van der Waals surface area contributed by atoms with E-state index < -0.39 is 0 Å². The van der Waals surface area contributed by atoms with E-state index in [-0.39, 0.29) is 11.7 Å². The molecule has 0 spiro atoms. The predicted octanol–water partition coefficient (Wildman–Crippen LogP) is 4.00. The van der Waals surface area contributed by atoms with E-state index in [2.05, 4.69) is 15.3 Å². The van der Waals surface area contributed by atoms with Crippen LogP contribution in [0.5, 0.6) is 11.6 Å². The van der Waals surface area contributed by atoms with Crippen LogP contribution in [0.3, 0.4) is 0 Å². The van der Waals surface area contributed by atoms with Crippen LogP contribution in [0, 0.1) is 10.5 Å². The molecule has 0 fully saturated rings. The van der Waals surface area contributed by atoms with E-state index in [1.807, 2.05) is 0 Å². The van der Waals surface area contributed by atoms with Crippen LogP contribution in [0.15, 0.2) is 60.9 Å². The summed E-state index contributed by atoms with van der Waals surface area (Å²) >= 11 is 5.09. The maximum Gasteiger partial charge on any atom is 0.254 e. The summed E-state index contributed by atoms with van der Waals surface area (Å²) in [6.45, 7) is 0.296. The van der Waals surface area contributed by atoms with Crippen LogP contribution in [0.2, 0.25) is 0 Å². The number of ether oxygens (including phenoxy) is 1. The number of hydrogen-bond acceptors (Lipinski definition) is 4. The van der Waals surface area contributed by atoms with Gasteiger partial charge in [-0.3, -0.25) is 4.79 Å². The molecule has 0 aliphatic rings. The number of halogens is 1. The number of nitrogens with one attached hydrogen (secondary N) is 2. The number of carbonyl (C=O) groups is 1. The van der Waals surface area contributed by atoms with Gasteiger partial charge < -0.3 is 15.0 Å². The molecular formula is C18H14FN3O2S. The summed E-state index contributed by atoms with van der Waals surface area (Å²) < 4.78 is 18.9. The van der Waals surface area contributed by atoms with Crippen molar-refractivity contribution in [2.24, 2.45) is 0 Å². The third kappa shape index (κ3) is 4.48. The molecule has 0 saturated carbocycles. The molecule has 5 nitrogen and oxygen atoms in total. The highest BCUT2D eigenvalue weighted by Crippen LogP contribution is 2.20. The molecule has 0 bridgehead atoms. The van der Waals surface area contributed by atoms with Gasteiger partial charge in [0.15, 0.2) is 0 Å². The highest BCUT2D eigenvalue weighted by Gasteiger charge is 2.08. The minimum atomic E-state index is -0.337. The lowest BCUT2D eigenvalue weighted by molar-refractivity contribution is 0.0950. The molecule has 0 radical (unpaired) electrons. The SMILES string of the molecule is O=C(NCc1ccnc(Oc2ccc(F)cc2)c1)c1ccc[nH]c1=S. The van der Waals surface area contributed by atoms with E-state index in [0.29, 0.717) is 28.4 Å². The molecule has 7 heteroatoms. The Labute approximate surface area is 148 Å². The number of carbonyl (C=O) groups excluding carboxylic acids is 1. The predicted molar refractivity (Wildman–Crippen MR) is 93.5 cm³/mol. The van der Waals surface area contributed by atoms with Gasteiger partial charge in [0.25, 0.3) is 5.91 Å². The van der Waals surface area contributed by atoms with Gasteiger partial charge in [0.1, 0.15) is 16.2 Å². The molecule has 2 N–H and O–H groups in total. The Bertz CT molecular complexity index is 941. The van der Waals surface area contributed by atoms with Crippen molar-refractivity contribution < 1.29 is 13.9 Å². The second-order valence-corrected chi connectivity index (χ2v) is 5.56. The summed E-state index contributed by atoms with van der Waals surface area (Å²) in [5.41, 5.74) is 1.22. The minimum absolute atomic E-state index is 0.264. The fourth-order valence-electron chi connectivity index (χ4n) is 2.12. The largest absolute Gasteiger partial charge is 0.439 e. The van der Waals surface area contributed by atoms with Crippen LogP contribution in [0.1, 0.15) is 15.9 Å². The molecule has 1 amide bonds. The van der Waals surface area contributed by atoms with Gasteiger partial charge in [-0.2, -0.15) is 0 Å². The molecule has 3 aromatic rings. The van der Waals surface area contributed by atoms with Crippen LogP contribution in [-0.4, -0.2) is 15.9 Å². The molecule has 0 atom stereocenters. The van der Waals surface area contributed by atoms with Crippen molar-refractivity contribution in [3.63, 3.8) is 0 Å². The average molecular weight is 355 g/mol. The van der Waals surface area contributed by atoms with E-state index in [9.17, 15) is 9.18 Å². The standard InChI is InChI=1S/C18H14FN3O2S/c19-13-3-5-14(6-4-13)24-16-10-12(7-9-20-16)11-22-17(23)15-2-1-8-21-18(15)25/h1-10H,11H2,(H,21,25)(H,22,23). The van der Waals surface area contributed by atoms with E-state index in [1.54, 1.807) is 36.7 Å². The van der Waals surface area contributed by atoms with E-state index >= 15 is 0 Å². The minimum Gasteiger partial charge on any atom is -0.439 e. The first-order valence-corrected chi connectivity index (χ1v) is 7.87. The molecule has 0 unspecified atom stereocenters. The summed E-state index contributed by atoms with van der Waals surface area (Å²) in [5, 5.41) is 2.80. The summed E-state index contributed by atoms with van der Waals surface area (Å²) in [5.74, 6) is 0.233. The fourth-order valence-corrected chi connectivity index (χ4v) is 2.35. The van der Waals surface area contributed by atoms with Gasteiger partial charge in [-0.1, -0.05) is 12.2 Å². The summed E-state index contributed by atoms with van der Waals surface area (Å²) in [6, 6.07) is 12.5.